The van der Waals surface area contributed by atoms with Gasteiger partial charge >= 0.3 is 5.97 Å². The molecule has 0 aromatic heterocycles. The van der Waals surface area contributed by atoms with Gasteiger partial charge in [-0.1, -0.05) is 0 Å². The van der Waals surface area contributed by atoms with Crippen molar-refractivity contribution < 1.29 is 39.5 Å². The highest BCUT2D eigenvalue weighted by atomic mass is 16.5. The van der Waals surface area contributed by atoms with Gasteiger partial charge in [0.1, 0.15) is 30.4 Å². The fourth-order valence-electron chi connectivity index (χ4n) is 2.14. The van der Waals surface area contributed by atoms with Crippen molar-refractivity contribution >= 4 is 17.8 Å². The van der Waals surface area contributed by atoms with Crippen molar-refractivity contribution in [2.45, 2.75) is 50.0 Å². The molecular weight excluding hydrogens is 314 g/mol. The highest BCUT2D eigenvalue weighted by Gasteiger charge is 2.45. The Morgan fingerprint density at radius 1 is 1.22 bits per heavy atom. The average Bonchev–Trinajstić information content (AvgIpc) is 2.46. The van der Waals surface area contributed by atoms with Crippen LogP contribution in [-0.4, -0.2) is 81.4 Å². The van der Waals surface area contributed by atoms with Crippen LogP contribution in [0.5, 0.6) is 0 Å². The number of hydrogen-bond acceptors (Lipinski definition) is 8. The molecule has 132 valence electrons. The lowest BCUT2D eigenvalue weighted by molar-refractivity contribution is -0.203. The number of carboxylic acid groups (broad SMARTS) is 1. The van der Waals surface area contributed by atoms with Crippen LogP contribution in [0, 0.1) is 0 Å². The summed E-state index contributed by atoms with van der Waals surface area (Å²) in [4.78, 5) is 33.6. The summed E-state index contributed by atoms with van der Waals surface area (Å²) in [6, 6.07) is -2.61. The predicted octanol–water partition coefficient (Wildman–Crippen LogP) is -4.15. The number of carbonyl (C=O) groups excluding carboxylic acids is 2. The number of carbonyl (C=O) groups is 3. The summed E-state index contributed by atoms with van der Waals surface area (Å²) in [6.07, 6.45) is -6.00. The van der Waals surface area contributed by atoms with Crippen LogP contribution >= 0.6 is 0 Å². The van der Waals surface area contributed by atoms with Crippen molar-refractivity contribution in [3.63, 3.8) is 0 Å². The van der Waals surface area contributed by atoms with Gasteiger partial charge in [-0.2, -0.15) is 0 Å². The molecule has 1 rings (SSSR count). The SMILES string of the molecule is CC(=O)N[C@H]1C(NC(=O)C[C@H](N)C(=O)O)O[C@H](CO)[C@H](O)[C@@H]1O. The Hall–Kier alpha value is -1.79. The van der Waals surface area contributed by atoms with Gasteiger partial charge in [0, 0.05) is 6.92 Å². The van der Waals surface area contributed by atoms with E-state index < -0.39 is 67.4 Å². The van der Waals surface area contributed by atoms with Crippen LogP contribution in [-0.2, 0) is 19.1 Å². The van der Waals surface area contributed by atoms with Crippen LogP contribution < -0.4 is 16.4 Å². The van der Waals surface area contributed by atoms with Gasteiger partial charge in [-0.25, -0.2) is 0 Å². The van der Waals surface area contributed by atoms with E-state index in [9.17, 15) is 24.6 Å². The summed E-state index contributed by atoms with van der Waals surface area (Å²) in [5.41, 5.74) is 5.24. The average molecular weight is 335 g/mol. The fraction of sp³-hybridized carbons (Fsp3) is 0.750. The zero-order chi connectivity index (χ0) is 17.7. The van der Waals surface area contributed by atoms with Crippen LogP contribution in [0.1, 0.15) is 13.3 Å². The first-order valence-corrected chi connectivity index (χ1v) is 6.84. The number of carboxylic acids is 1. The summed E-state index contributed by atoms with van der Waals surface area (Å²) in [7, 11) is 0. The van der Waals surface area contributed by atoms with E-state index in [2.05, 4.69) is 10.6 Å². The number of rotatable bonds is 6. The number of aliphatic hydroxyl groups excluding tert-OH is 3. The maximum Gasteiger partial charge on any atom is 0.321 e. The molecule has 1 heterocycles. The van der Waals surface area contributed by atoms with E-state index in [0.717, 1.165) is 6.92 Å². The van der Waals surface area contributed by atoms with Gasteiger partial charge in [0.2, 0.25) is 11.8 Å². The minimum Gasteiger partial charge on any atom is -0.480 e. The Bertz CT molecular complexity index is 460. The van der Waals surface area contributed by atoms with Gasteiger partial charge in [-0.3, -0.25) is 14.4 Å². The number of amides is 2. The number of hydrogen-bond donors (Lipinski definition) is 7. The van der Waals surface area contributed by atoms with Crippen LogP contribution in [0.15, 0.2) is 0 Å². The molecule has 1 saturated heterocycles. The molecule has 23 heavy (non-hydrogen) atoms. The normalized spacial score (nSPS) is 32.0. The highest BCUT2D eigenvalue weighted by molar-refractivity contribution is 5.84. The Morgan fingerprint density at radius 3 is 2.30 bits per heavy atom. The van der Waals surface area contributed by atoms with E-state index in [0.29, 0.717) is 0 Å². The second-order valence-electron chi connectivity index (χ2n) is 5.20. The predicted molar refractivity (Wildman–Crippen MR) is 73.7 cm³/mol. The van der Waals surface area contributed by atoms with Crippen LogP contribution in [0.2, 0.25) is 0 Å². The number of nitrogens with one attached hydrogen (secondary N) is 2. The summed E-state index contributed by atoms with van der Waals surface area (Å²) in [5, 5.41) is 42.2. The molecule has 0 aromatic rings. The third kappa shape index (κ3) is 5.11. The number of aliphatic hydroxyl groups is 3. The highest BCUT2D eigenvalue weighted by Crippen LogP contribution is 2.20. The molecule has 0 spiro atoms. The van der Waals surface area contributed by atoms with Crippen molar-refractivity contribution in [3.8, 4) is 0 Å². The van der Waals surface area contributed by atoms with Crippen molar-refractivity contribution in [1.29, 1.82) is 0 Å². The molecule has 0 aromatic carbocycles. The molecule has 0 aliphatic carbocycles. The maximum atomic E-state index is 11.8. The lowest BCUT2D eigenvalue weighted by Crippen LogP contribution is -2.68. The molecule has 1 unspecified atom stereocenters. The van der Waals surface area contributed by atoms with E-state index in [1.807, 2.05) is 0 Å². The Balaban J connectivity index is 2.82. The minimum atomic E-state index is -1.51. The van der Waals surface area contributed by atoms with Gasteiger partial charge in [-0.05, 0) is 0 Å². The van der Waals surface area contributed by atoms with Crippen molar-refractivity contribution in [1.82, 2.24) is 10.6 Å². The number of aliphatic carboxylic acids is 1. The van der Waals surface area contributed by atoms with Gasteiger partial charge < -0.3 is 41.5 Å². The van der Waals surface area contributed by atoms with E-state index in [-0.39, 0.29) is 0 Å². The first kappa shape index (κ1) is 19.3. The second kappa shape index (κ2) is 8.17. The van der Waals surface area contributed by atoms with Gasteiger partial charge in [-0.15, -0.1) is 0 Å². The third-order valence-corrected chi connectivity index (χ3v) is 3.32. The maximum absolute atomic E-state index is 11.8. The molecule has 0 saturated carbocycles. The molecule has 8 N–H and O–H groups in total. The molecule has 0 radical (unpaired) electrons. The summed E-state index contributed by atoms with van der Waals surface area (Å²) in [6.45, 7) is 0.530. The Morgan fingerprint density at radius 2 is 1.83 bits per heavy atom. The van der Waals surface area contributed by atoms with E-state index in [4.69, 9.17) is 20.7 Å². The lowest BCUT2D eigenvalue weighted by atomic mass is 9.95. The smallest absolute Gasteiger partial charge is 0.321 e. The number of ether oxygens (including phenoxy) is 1. The fourth-order valence-corrected chi connectivity index (χ4v) is 2.14. The van der Waals surface area contributed by atoms with E-state index >= 15 is 0 Å². The molecule has 1 fully saturated rings. The monoisotopic (exact) mass is 335 g/mol. The molecular formula is C12H21N3O8. The largest absolute Gasteiger partial charge is 0.480 e. The Labute approximate surface area is 131 Å². The molecule has 11 nitrogen and oxygen atoms in total. The molecule has 2 amide bonds. The lowest BCUT2D eigenvalue weighted by Gasteiger charge is -2.42. The topological polar surface area (TPSA) is 191 Å². The molecule has 11 heteroatoms. The zero-order valence-electron chi connectivity index (χ0n) is 12.4. The molecule has 1 aliphatic heterocycles. The van der Waals surface area contributed by atoms with Gasteiger partial charge in [0.15, 0.2) is 6.23 Å². The van der Waals surface area contributed by atoms with E-state index in [1.54, 1.807) is 0 Å². The minimum absolute atomic E-state index is 0.547. The first-order valence-electron chi connectivity index (χ1n) is 6.84. The summed E-state index contributed by atoms with van der Waals surface area (Å²) < 4.78 is 5.25. The third-order valence-electron chi connectivity index (χ3n) is 3.32. The quantitative estimate of drug-likeness (QED) is 0.252. The van der Waals surface area contributed by atoms with Gasteiger partial charge in [0.25, 0.3) is 0 Å². The van der Waals surface area contributed by atoms with Crippen molar-refractivity contribution in [3.05, 3.63) is 0 Å². The summed E-state index contributed by atoms with van der Waals surface area (Å²) in [5.74, 6) is -2.71. The van der Waals surface area contributed by atoms with Crippen LogP contribution in [0.25, 0.3) is 0 Å². The number of nitrogens with two attached hydrogens (primary N) is 1. The van der Waals surface area contributed by atoms with Gasteiger partial charge in [0.05, 0.1) is 13.0 Å². The standard InChI is InChI=1S/C12H21N3O8/c1-4(17)14-8-10(20)9(19)6(3-16)23-11(8)15-7(18)2-5(13)12(21)22/h5-6,8-11,16,19-20H,2-3,13H2,1H3,(H,14,17)(H,15,18)(H,21,22)/t5-,6+,8+,9-,10+,11?/m0/s1. The summed E-state index contributed by atoms with van der Waals surface area (Å²) >= 11 is 0. The molecule has 0 bridgehead atoms. The molecule has 6 atom stereocenters. The zero-order valence-corrected chi connectivity index (χ0v) is 12.4. The Kier molecular flexibility index (Phi) is 6.84. The second-order valence-corrected chi connectivity index (χ2v) is 5.20. The van der Waals surface area contributed by atoms with Crippen molar-refractivity contribution in [2.75, 3.05) is 6.61 Å². The van der Waals surface area contributed by atoms with E-state index in [1.165, 1.54) is 0 Å². The van der Waals surface area contributed by atoms with Crippen LogP contribution in [0.4, 0.5) is 0 Å². The first-order chi connectivity index (χ1) is 10.7. The van der Waals surface area contributed by atoms with Crippen molar-refractivity contribution in [2.24, 2.45) is 5.73 Å². The molecule has 1 aliphatic rings. The van der Waals surface area contributed by atoms with Crippen LogP contribution in [0.3, 0.4) is 0 Å².